The van der Waals surface area contributed by atoms with Gasteiger partial charge in [0.05, 0.1) is 31.7 Å². The van der Waals surface area contributed by atoms with Crippen LogP contribution in [0.25, 0.3) is 10.2 Å². The summed E-state index contributed by atoms with van der Waals surface area (Å²) < 4.78 is 5.41. The molecule has 0 radical (unpaired) electrons. The molecule has 1 fully saturated rings. The normalized spacial score (nSPS) is 15.6. The third-order valence-corrected chi connectivity index (χ3v) is 5.51. The molecule has 2 aromatic rings. The first-order valence-electron chi connectivity index (χ1n) is 9.04. The van der Waals surface area contributed by atoms with Crippen molar-refractivity contribution < 1.29 is 9.53 Å². The SMILES string of the molecule is Cc1sc2nc(CN3CCOCC3)nc(NCC(=O)NC(C)C)c2c1C. The smallest absolute Gasteiger partial charge is 0.239 e. The van der Waals surface area contributed by atoms with Crippen LogP contribution < -0.4 is 10.6 Å². The van der Waals surface area contributed by atoms with E-state index in [4.69, 9.17) is 14.7 Å². The Hall–Kier alpha value is -1.77. The van der Waals surface area contributed by atoms with E-state index in [0.29, 0.717) is 6.54 Å². The number of thiophene rings is 1. The monoisotopic (exact) mass is 377 g/mol. The number of fused-ring (bicyclic) bond motifs is 1. The van der Waals surface area contributed by atoms with E-state index in [1.54, 1.807) is 11.3 Å². The average molecular weight is 378 g/mol. The summed E-state index contributed by atoms with van der Waals surface area (Å²) in [5.74, 6) is 1.50. The van der Waals surface area contributed by atoms with Crippen molar-refractivity contribution in [2.24, 2.45) is 0 Å². The Labute approximate surface area is 158 Å². The second kappa shape index (κ2) is 8.28. The van der Waals surface area contributed by atoms with Gasteiger partial charge in [0.1, 0.15) is 16.5 Å². The van der Waals surface area contributed by atoms with Crippen LogP contribution in [0.3, 0.4) is 0 Å². The van der Waals surface area contributed by atoms with E-state index < -0.39 is 0 Å². The van der Waals surface area contributed by atoms with E-state index in [0.717, 1.165) is 48.2 Å². The van der Waals surface area contributed by atoms with Crippen LogP contribution in [0.15, 0.2) is 0 Å². The van der Waals surface area contributed by atoms with Crippen molar-refractivity contribution in [1.82, 2.24) is 20.2 Å². The molecule has 7 nitrogen and oxygen atoms in total. The Morgan fingerprint density at radius 2 is 2.00 bits per heavy atom. The largest absolute Gasteiger partial charge is 0.379 e. The summed E-state index contributed by atoms with van der Waals surface area (Å²) in [6, 6.07) is 0.122. The van der Waals surface area contributed by atoms with Crippen molar-refractivity contribution in [3.63, 3.8) is 0 Å². The predicted octanol–water partition coefficient (Wildman–Crippen LogP) is 2.08. The van der Waals surface area contributed by atoms with E-state index in [2.05, 4.69) is 29.4 Å². The summed E-state index contributed by atoms with van der Waals surface area (Å²) in [5.41, 5.74) is 1.18. The van der Waals surface area contributed by atoms with Gasteiger partial charge in [-0.15, -0.1) is 11.3 Å². The number of hydrogen-bond donors (Lipinski definition) is 2. The Balaban J connectivity index is 1.84. The lowest BCUT2D eigenvalue weighted by Crippen LogP contribution is -2.36. The molecule has 0 atom stereocenters. The maximum absolute atomic E-state index is 12.0. The van der Waals surface area contributed by atoms with Gasteiger partial charge in [-0.2, -0.15) is 0 Å². The van der Waals surface area contributed by atoms with Crippen molar-refractivity contribution in [2.75, 3.05) is 38.2 Å². The second-order valence-electron chi connectivity index (χ2n) is 6.92. The molecular weight excluding hydrogens is 350 g/mol. The first-order chi connectivity index (χ1) is 12.4. The predicted molar refractivity (Wildman–Crippen MR) is 105 cm³/mol. The molecule has 26 heavy (non-hydrogen) atoms. The van der Waals surface area contributed by atoms with E-state index in [-0.39, 0.29) is 18.5 Å². The number of amides is 1. The van der Waals surface area contributed by atoms with Crippen LogP contribution in [0.5, 0.6) is 0 Å². The summed E-state index contributed by atoms with van der Waals surface area (Å²) in [5, 5.41) is 7.15. The van der Waals surface area contributed by atoms with Crippen LogP contribution in [0.2, 0.25) is 0 Å². The second-order valence-corrected chi connectivity index (χ2v) is 8.12. The summed E-state index contributed by atoms with van der Waals surface area (Å²) in [7, 11) is 0. The van der Waals surface area contributed by atoms with Crippen molar-refractivity contribution in [3.05, 3.63) is 16.3 Å². The van der Waals surface area contributed by atoms with Gasteiger partial charge < -0.3 is 15.4 Å². The van der Waals surface area contributed by atoms with Crippen molar-refractivity contribution in [3.8, 4) is 0 Å². The van der Waals surface area contributed by atoms with Crippen LogP contribution in [0, 0.1) is 13.8 Å². The minimum absolute atomic E-state index is 0.0360. The third kappa shape index (κ3) is 4.49. The molecule has 0 spiro atoms. The van der Waals surface area contributed by atoms with Crippen LogP contribution in [-0.4, -0.2) is 59.7 Å². The van der Waals surface area contributed by atoms with Crippen molar-refractivity contribution >= 4 is 33.3 Å². The van der Waals surface area contributed by atoms with Gasteiger partial charge in [0.25, 0.3) is 0 Å². The van der Waals surface area contributed by atoms with Crippen LogP contribution >= 0.6 is 11.3 Å². The lowest BCUT2D eigenvalue weighted by molar-refractivity contribution is -0.119. The topological polar surface area (TPSA) is 79.4 Å². The number of nitrogens with zero attached hydrogens (tertiary/aromatic N) is 3. The van der Waals surface area contributed by atoms with Gasteiger partial charge in [-0.05, 0) is 33.3 Å². The first kappa shape index (κ1) is 19.0. The maximum Gasteiger partial charge on any atom is 0.239 e. The first-order valence-corrected chi connectivity index (χ1v) is 9.85. The highest BCUT2D eigenvalue weighted by Crippen LogP contribution is 2.33. The lowest BCUT2D eigenvalue weighted by atomic mass is 10.2. The number of hydrogen-bond acceptors (Lipinski definition) is 7. The standard InChI is InChI=1S/C18H27N5O2S/c1-11(2)20-15(24)9-19-17-16-12(3)13(4)26-18(16)22-14(21-17)10-23-5-7-25-8-6-23/h11H,5-10H2,1-4H3,(H,20,24)(H,19,21,22). The summed E-state index contributed by atoms with van der Waals surface area (Å²) >= 11 is 1.68. The number of aryl methyl sites for hydroxylation is 2. The fourth-order valence-corrected chi connectivity index (χ4v) is 4.04. The van der Waals surface area contributed by atoms with Crippen molar-refractivity contribution in [2.45, 2.75) is 40.3 Å². The van der Waals surface area contributed by atoms with E-state index in [1.807, 2.05) is 13.8 Å². The maximum atomic E-state index is 12.0. The third-order valence-electron chi connectivity index (χ3n) is 4.41. The van der Waals surface area contributed by atoms with E-state index in [1.165, 1.54) is 10.4 Å². The van der Waals surface area contributed by atoms with Crippen LogP contribution in [-0.2, 0) is 16.1 Å². The molecule has 0 saturated carbocycles. The summed E-state index contributed by atoms with van der Waals surface area (Å²) in [6.45, 7) is 12.3. The molecule has 2 N–H and O–H groups in total. The number of carbonyl (C=O) groups excluding carboxylic acids is 1. The van der Waals surface area contributed by atoms with Gasteiger partial charge in [-0.1, -0.05) is 0 Å². The van der Waals surface area contributed by atoms with Gasteiger partial charge >= 0.3 is 0 Å². The van der Waals surface area contributed by atoms with Gasteiger partial charge in [0, 0.05) is 24.0 Å². The Kier molecular flexibility index (Phi) is 6.05. The molecule has 0 unspecified atom stereocenters. The number of carbonyl (C=O) groups is 1. The fraction of sp³-hybridized carbons (Fsp3) is 0.611. The number of aromatic nitrogens is 2. The molecular formula is C18H27N5O2S. The summed E-state index contributed by atoms with van der Waals surface area (Å²) in [6.07, 6.45) is 0. The number of ether oxygens (including phenoxy) is 1. The Morgan fingerprint density at radius 3 is 2.69 bits per heavy atom. The van der Waals surface area contributed by atoms with Gasteiger partial charge in [0.15, 0.2) is 0 Å². The van der Waals surface area contributed by atoms with E-state index >= 15 is 0 Å². The average Bonchev–Trinajstić information content (AvgIpc) is 2.87. The molecule has 1 amide bonds. The van der Waals surface area contributed by atoms with Gasteiger partial charge in [-0.25, -0.2) is 9.97 Å². The van der Waals surface area contributed by atoms with Gasteiger partial charge in [-0.3, -0.25) is 9.69 Å². The zero-order valence-corrected chi connectivity index (χ0v) is 16.7. The molecule has 142 valence electrons. The molecule has 0 aromatic carbocycles. The highest BCUT2D eigenvalue weighted by molar-refractivity contribution is 7.18. The molecule has 0 bridgehead atoms. The number of morpholine rings is 1. The molecule has 1 aliphatic rings. The minimum Gasteiger partial charge on any atom is -0.379 e. The number of rotatable bonds is 6. The van der Waals surface area contributed by atoms with Crippen molar-refractivity contribution in [1.29, 1.82) is 0 Å². The molecule has 1 saturated heterocycles. The fourth-order valence-electron chi connectivity index (χ4n) is 2.99. The molecule has 1 aliphatic heterocycles. The molecule has 2 aromatic heterocycles. The minimum atomic E-state index is -0.0360. The molecule has 8 heteroatoms. The molecule has 3 rings (SSSR count). The zero-order chi connectivity index (χ0) is 18.7. The Bertz CT molecular complexity index is 783. The van der Waals surface area contributed by atoms with Crippen LogP contribution in [0.4, 0.5) is 5.82 Å². The Morgan fingerprint density at radius 1 is 1.27 bits per heavy atom. The zero-order valence-electron chi connectivity index (χ0n) is 15.9. The summed E-state index contributed by atoms with van der Waals surface area (Å²) in [4.78, 5) is 26.0. The molecule has 0 aliphatic carbocycles. The highest BCUT2D eigenvalue weighted by Gasteiger charge is 2.18. The highest BCUT2D eigenvalue weighted by atomic mass is 32.1. The number of nitrogens with one attached hydrogen (secondary N) is 2. The van der Waals surface area contributed by atoms with Gasteiger partial charge in [0.2, 0.25) is 5.91 Å². The lowest BCUT2D eigenvalue weighted by Gasteiger charge is -2.25. The number of anilines is 1. The van der Waals surface area contributed by atoms with E-state index in [9.17, 15) is 4.79 Å². The molecule has 3 heterocycles. The quantitative estimate of drug-likeness (QED) is 0.802. The van der Waals surface area contributed by atoms with Crippen LogP contribution in [0.1, 0.15) is 30.1 Å².